The van der Waals surface area contributed by atoms with Crippen molar-refractivity contribution < 1.29 is 18.3 Å². The standard InChI is InChI=1S/C15H12Cl2F2O2/c1-20-12-6-9(11(19)7-13(12)21-2)14(16)8-4-3-5-10(18)15(8)17/h3-7,14H,1-2H3. The van der Waals surface area contributed by atoms with Crippen LogP contribution in [0.15, 0.2) is 30.3 Å². The van der Waals surface area contributed by atoms with E-state index in [0.717, 1.165) is 6.07 Å². The van der Waals surface area contributed by atoms with Gasteiger partial charge in [-0.1, -0.05) is 23.7 Å². The zero-order valence-corrected chi connectivity index (χ0v) is 12.8. The normalized spacial score (nSPS) is 12.1. The highest BCUT2D eigenvalue weighted by atomic mass is 35.5. The smallest absolute Gasteiger partial charge is 0.163 e. The fourth-order valence-electron chi connectivity index (χ4n) is 1.95. The zero-order chi connectivity index (χ0) is 15.6. The highest BCUT2D eigenvalue weighted by molar-refractivity contribution is 6.33. The first-order valence-corrected chi connectivity index (χ1v) is 6.80. The molecule has 2 aromatic carbocycles. The Labute approximate surface area is 131 Å². The lowest BCUT2D eigenvalue weighted by atomic mass is 10.0. The van der Waals surface area contributed by atoms with Gasteiger partial charge in [-0.3, -0.25) is 0 Å². The van der Waals surface area contributed by atoms with E-state index in [9.17, 15) is 8.78 Å². The van der Waals surface area contributed by atoms with Crippen LogP contribution in [0.3, 0.4) is 0 Å². The van der Waals surface area contributed by atoms with E-state index in [1.54, 1.807) is 6.07 Å². The van der Waals surface area contributed by atoms with E-state index < -0.39 is 17.0 Å². The molecule has 2 nitrogen and oxygen atoms in total. The van der Waals surface area contributed by atoms with Gasteiger partial charge in [-0.05, 0) is 17.7 Å². The van der Waals surface area contributed by atoms with Gasteiger partial charge in [-0.2, -0.15) is 0 Å². The quantitative estimate of drug-likeness (QED) is 0.736. The van der Waals surface area contributed by atoms with Gasteiger partial charge in [-0.25, -0.2) is 8.78 Å². The van der Waals surface area contributed by atoms with Crippen molar-refractivity contribution >= 4 is 23.2 Å². The molecule has 0 aromatic heterocycles. The second-order valence-electron chi connectivity index (χ2n) is 4.23. The van der Waals surface area contributed by atoms with Crippen LogP contribution in [0, 0.1) is 11.6 Å². The number of ether oxygens (including phenoxy) is 2. The molecule has 2 rings (SSSR count). The fraction of sp³-hybridized carbons (Fsp3) is 0.200. The van der Waals surface area contributed by atoms with Crippen LogP contribution in [0.25, 0.3) is 0 Å². The number of halogens is 4. The third-order valence-corrected chi connectivity index (χ3v) is 3.90. The third-order valence-electron chi connectivity index (χ3n) is 3.03. The molecule has 0 aliphatic rings. The van der Waals surface area contributed by atoms with Gasteiger partial charge in [-0.15, -0.1) is 11.6 Å². The van der Waals surface area contributed by atoms with Gasteiger partial charge >= 0.3 is 0 Å². The summed E-state index contributed by atoms with van der Waals surface area (Å²) in [5.74, 6) is -0.631. The molecule has 21 heavy (non-hydrogen) atoms. The maximum atomic E-state index is 14.2. The first kappa shape index (κ1) is 15.9. The average Bonchev–Trinajstić information content (AvgIpc) is 2.49. The van der Waals surface area contributed by atoms with Crippen molar-refractivity contribution in [2.75, 3.05) is 14.2 Å². The van der Waals surface area contributed by atoms with Crippen LogP contribution in [-0.4, -0.2) is 14.2 Å². The molecule has 0 saturated carbocycles. The highest BCUT2D eigenvalue weighted by Crippen LogP contribution is 2.40. The number of benzene rings is 2. The summed E-state index contributed by atoms with van der Waals surface area (Å²) in [4.78, 5) is 0. The lowest BCUT2D eigenvalue weighted by molar-refractivity contribution is 0.351. The summed E-state index contributed by atoms with van der Waals surface area (Å²) in [6, 6.07) is 6.79. The van der Waals surface area contributed by atoms with Crippen molar-refractivity contribution in [2.24, 2.45) is 0 Å². The second-order valence-corrected chi connectivity index (χ2v) is 5.05. The number of rotatable bonds is 4. The lowest BCUT2D eigenvalue weighted by Crippen LogP contribution is -2.01. The Bertz CT molecular complexity index is 662. The SMILES string of the molecule is COc1cc(F)c(C(Cl)c2cccc(F)c2Cl)cc1OC. The Morgan fingerprint density at radius 1 is 0.952 bits per heavy atom. The molecule has 0 aliphatic carbocycles. The molecule has 0 spiro atoms. The summed E-state index contributed by atoms with van der Waals surface area (Å²) in [5, 5.41) is -1.08. The number of alkyl halides is 1. The minimum Gasteiger partial charge on any atom is -0.493 e. The summed E-state index contributed by atoms with van der Waals surface area (Å²) in [6.45, 7) is 0. The fourth-order valence-corrected chi connectivity index (χ4v) is 2.59. The first-order chi connectivity index (χ1) is 9.99. The Morgan fingerprint density at radius 2 is 1.57 bits per heavy atom. The minimum absolute atomic E-state index is 0.127. The van der Waals surface area contributed by atoms with E-state index in [1.165, 1.54) is 32.4 Å². The molecular weight excluding hydrogens is 321 g/mol. The lowest BCUT2D eigenvalue weighted by Gasteiger charge is -2.16. The molecule has 0 bridgehead atoms. The van der Waals surface area contributed by atoms with E-state index in [-0.39, 0.29) is 21.9 Å². The predicted octanol–water partition coefficient (Wildman–Crippen LogP) is 4.96. The van der Waals surface area contributed by atoms with E-state index in [1.807, 2.05) is 0 Å². The van der Waals surface area contributed by atoms with E-state index in [2.05, 4.69) is 0 Å². The van der Waals surface area contributed by atoms with Gasteiger partial charge < -0.3 is 9.47 Å². The number of hydrogen-bond donors (Lipinski definition) is 0. The minimum atomic E-state index is -0.951. The van der Waals surface area contributed by atoms with Crippen molar-refractivity contribution in [3.63, 3.8) is 0 Å². The third kappa shape index (κ3) is 3.06. The topological polar surface area (TPSA) is 18.5 Å². The van der Waals surface area contributed by atoms with Crippen molar-refractivity contribution in [3.05, 3.63) is 58.1 Å². The van der Waals surface area contributed by atoms with E-state index in [4.69, 9.17) is 32.7 Å². The van der Waals surface area contributed by atoms with E-state index >= 15 is 0 Å². The average molecular weight is 333 g/mol. The number of hydrogen-bond acceptors (Lipinski definition) is 2. The molecule has 0 amide bonds. The number of methoxy groups -OCH3 is 2. The van der Waals surface area contributed by atoms with Crippen LogP contribution in [0.4, 0.5) is 8.78 Å². The zero-order valence-electron chi connectivity index (χ0n) is 11.3. The maximum Gasteiger partial charge on any atom is 0.163 e. The van der Waals surface area contributed by atoms with Crippen LogP contribution in [0.5, 0.6) is 11.5 Å². The Morgan fingerprint density at radius 3 is 2.19 bits per heavy atom. The van der Waals surface area contributed by atoms with Gasteiger partial charge in [0.2, 0.25) is 0 Å². The van der Waals surface area contributed by atoms with Gasteiger partial charge in [0.15, 0.2) is 11.5 Å². The molecule has 1 unspecified atom stereocenters. The highest BCUT2D eigenvalue weighted by Gasteiger charge is 2.22. The monoisotopic (exact) mass is 332 g/mol. The summed E-state index contributed by atoms with van der Waals surface area (Å²) in [7, 11) is 2.83. The van der Waals surface area contributed by atoms with Crippen LogP contribution < -0.4 is 9.47 Å². The molecule has 0 aliphatic heterocycles. The van der Waals surface area contributed by atoms with Crippen LogP contribution in [-0.2, 0) is 0 Å². The summed E-state index contributed by atoms with van der Waals surface area (Å²) in [6.07, 6.45) is 0. The van der Waals surface area contributed by atoms with Crippen LogP contribution >= 0.6 is 23.2 Å². The van der Waals surface area contributed by atoms with Crippen molar-refractivity contribution in [3.8, 4) is 11.5 Å². The molecular formula is C15H12Cl2F2O2. The van der Waals surface area contributed by atoms with Gasteiger partial charge in [0.25, 0.3) is 0 Å². The Hall–Kier alpha value is -1.52. The molecule has 1 atom stereocenters. The largest absolute Gasteiger partial charge is 0.493 e. The molecule has 2 aromatic rings. The Kier molecular flexibility index (Phi) is 4.91. The van der Waals surface area contributed by atoms with Crippen LogP contribution in [0.2, 0.25) is 5.02 Å². The maximum absolute atomic E-state index is 14.2. The molecule has 0 N–H and O–H groups in total. The van der Waals surface area contributed by atoms with Crippen molar-refractivity contribution in [1.82, 2.24) is 0 Å². The molecule has 6 heteroatoms. The summed E-state index contributed by atoms with van der Waals surface area (Å²) in [5.41, 5.74) is 0.409. The second kappa shape index (κ2) is 6.50. The molecule has 0 radical (unpaired) electrons. The first-order valence-electron chi connectivity index (χ1n) is 5.99. The molecule has 0 saturated heterocycles. The molecule has 0 heterocycles. The van der Waals surface area contributed by atoms with Crippen molar-refractivity contribution in [1.29, 1.82) is 0 Å². The summed E-state index contributed by atoms with van der Waals surface area (Å²) < 4.78 is 37.8. The van der Waals surface area contributed by atoms with Gasteiger partial charge in [0.05, 0.1) is 24.6 Å². The van der Waals surface area contributed by atoms with Gasteiger partial charge in [0, 0.05) is 11.6 Å². The van der Waals surface area contributed by atoms with E-state index in [0.29, 0.717) is 5.75 Å². The predicted molar refractivity (Wildman–Crippen MR) is 78.6 cm³/mol. The molecule has 0 fully saturated rings. The van der Waals surface area contributed by atoms with Gasteiger partial charge in [0.1, 0.15) is 11.6 Å². The summed E-state index contributed by atoms with van der Waals surface area (Å²) >= 11 is 12.1. The molecule has 112 valence electrons. The van der Waals surface area contributed by atoms with Crippen LogP contribution in [0.1, 0.15) is 16.5 Å². The Balaban J connectivity index is 2.53. The van der Waals surface area contributed by atoms with Crippen molar-refractivity contribution in [2.45, 2.75) is 5.38 Å².